The number of rotatable bonds is 10. The molecule has 1 aliphatic rings. The van der Waals surface area contributed by atoms with Gasteiger partial charge in [-0.15, -0.1) is 0 Å². The number of aryl methyl sites for hydroxylation is 2. The van der Waals surface area contributed by atoms with E-state index in [9.17, 15) is 4.79 Å². The zero-order valence-electron chi connectivity index (χ0n) is 26.0. The summed E-state index contributed by atoms with van der Waals surface area (Å²) < 4.78 is 12.0. The quantitative estimate of drug-likeness (QED) is 0.223. The molecule has 0 amide bonds. The molecule has 6 rings (SSSR count). The van der Waals surface area contributed by atoms with Crippen molar-refractivity contribution in [2.75, 3.05) is 46.4 Å². The van der Waals surface area contributed by atoms with Crippen LogP contribution in [0.3, 0.4) is 0 Å². The Balaban J connectivity index is 1.15. The average Bonchev–Trinajstić information content (AvgIpc) is 3.61. The molecule has 0 spiro atoms. The van der Waals surface area contributed by atoms with E-state index in [1.807, 2.05) is 51.2 Å². The molecule has 0 aliphatic carbocycles. The highest BCUT2D eigenvalue weighted by Gasteiger charge is 2.19. The predicted octanol–water partition coefficient (Wildman–Crippen LogP) is 4.57. The van der Waals surface area contributed by atoms with E-state index in [1.165, 1.54) is 6.42 Å². The molecule has 5 heterocycles. The van der Waals surface area contributed by atoms with Crippen LogP contribution in [0.2, 0.25) is 0 Å². The number of fused-ring (bicyclic) bond motifs is 2. The van der Waals surface area contributed by atoms with Crippen LogP contribution < -0.4 is 4.74 Å². The van der Waals surface area contributed by atoms with E-state index in [-0.39, 0.29) is 12.2 Å². The van der Waals surface area contributed by atoms with Gasteiger partial charge in [0.05, 0.1) is 29.6 Å². The molecule has 0 bridgehead atoms. The SMILES string of the molecule is Cc1nn(Cc2cc(C)n(C(C)C)n2)c2cccc(CC(=O)c3cnc4cc(OCCN5CCCN(C)CC5)ccn34)c12. The third-order valence-corrected chi connectivity index (χ3v) is 8.42. The topological polar surface area (TPSA) is 85.7 Å². The molecule has 10 heteroatoms. The molecule has 0 saturated carbocycles. The van der Waals surface area contributed by atoms with Gasteiger partial charge in [-0.25, -0.2) is 4.98 Å². The summed E-state index contributed by atoms with van der Waals surface area (Å²) in [6, 6.07) is 12.3. The van der Waals surface area contributed by atoms with E-state index >= 15 is 0 Å². The smallest absolute Gasteiger partial charge is 0.185 e. The summed E-state index contributed by atoms with van der Waals surface area (Å²) >= 11 is 0. The number of aromatic nitrogens is 6. The molecule has 226 valence electrons. The monoisotopic (exact) mass is 582 g/mol. The Kier molecular flexibility index (Phi) is 8.32. The van der Waals surface area contributed by atoms with E-state index in [2.05, 4.69) is 54.7 Å². The lowest BCUT2D eigenvalue weighted by atomic mass is 10.0. The molecule has 0 N–H and O–H groups in total. The molecule has 0 radical (unpaired) electrons. The summed E-state index contributed by atoms with van der Waals surface area (Å²) in [6.07, 6.45) is 5.00. The van der Waals surface area contributed by atoms with Gasteiger partial charge >= 0.3 is 0 Å². The largest absolute Gasteiger partial charge is 0.492 e. The molecule has 5 aromatic rings. The number of benzene rings is 1. The first-order chi connectivity index (χ1) is 20.8. The molecular formula is C33H42N8O2. The number of nitrogens with zero attached hydrogens (tertiary/aromatic N) is 8. The summed E-state index contributed by atoms with van der Waals surface area (Å²) in [5, 5.41) is 10.6. The van der Waals surface area contributed by atoms with Gasteiger partial charge in [0, 0.05) is 55.4 Å². The molecule has 1 fully saturated rings. The molecule has 1 saturated heterocycles. The molecule has 4 aromatic heterocycles. The van der Waals surface area contributed by atoms with Crippen LogP contribution in [-0.4, -0.2) is 90.9 Å². The second kappa shape index (κ2) is 12.3. The van der Waals surface area contributed by atoms with Crippen molar-refractivity contribution in [2.24, 2.45) is 0 Å². The Morgan fingerprint density at radius 3 is 2.72 bits per heavy atom. The van der Waals surface area contributed by atoms with Crippen LogP contribution in [0.25, 0.3) is 16.6 Å². The number of likely N-dealkylation sites (N-methyl/N-ethyl adjacent to an activating group) is 1. The van der Waals surface area contributed by atoms with Crippen molar-refractivity contribution in [3.8, 4) is 5.75 Å². The predicted molar refractivity (Wildman–Crippen MR) is 168 cm³/mol. The van der Waals surface area contributed by atoms with E-state index in [1.54, 1.807) is 6.20 Å². The maximum atomic E-state index is 13.6. The first kappa shape index (κ1) is 29.1. The van der Waals surface area contributed by atoms with E-state index in [0.29, 0.717) is 30.5 Å². The molecule has 0 unspecified atom stereocenters. The van der Waals surface area contributed by atoms with Crippen molar-refractivity contribution in [1.29, 1.82) is 0 Å². The van der Waals surface area contributed by atoms with Crippen LogP contribution in [0.4, 0.5) is 0 Å². The first-order valence-corrected chi connectivity index (χ1v) is 15.3. The van der Waals surface area contributed by atoms with Gasteiger partial charge in [-0.1, -0.05) is 12.1 Å². The number of imidazole rings is 1. The number of hydrogen-bond donors (Lipinski definition) is 0. The van der Waals surface area contributed by atoms with Gasteiger partial charge in [0.15, 0.2) is 5.78 Å². The highest BCUT2D eigenvalue weighted by atomic mass is 16.5. The van der Waals surface area contributed by atoms with Crippen molar-refractivity contribution in [2.45, 2.75) is 53.1 Å². The summed E-state index contributed by atoms with van der Waals surface area (Å²) in [6.45, 7) is 14.9. The van der Waals surface area contributed by atoms with Crippen LogP contribution in [0, 0.1) is 13.8 Å². The second-order valence-corrected chi connectivity index (χ2v) is 12.1. The Hall–Kier alpha value is -4.02. The first-order valence-electron chi connectivity index (χ1n) is 15.3. The van der Waals surface area contributed by atoms with Gasteiger partial charge in [-0.2, -0.15) is 10.2 Å². The van der Waals surface area contributed by atoms with Crippen molar-refractivity contribution in [1.82, 2.24) is 38.7 Å². The van der Waals surface area contributed by atoms with Crippen LogP contribution in [0.5, 0.6) is 5.75 Å². The molecule has 43 heavy (non-hydrogen) atoms. The Labute approximate surface area is 252 Å². The lowest BCUT2D eigenvalue weighted by Gasteiger charge is -2.20. The third kappa shape index (κ3) is 6.21. The summed E-state index contributed by atoms with van der Waals surface area (Å²) in [7, 11) is 2.18. The van der Waals surface area contributed by atoms with Crippen molar-refractivity contribution in [3.63, 3.8) is 0 Å². The third-order valence-electron chi connectivity index (χ3n) is 8.42. The van der Waals surface area contributed by atoms with Gasteiger partial charge < -0.3 is 9.64 Å². The van der Waals surface area contributed by atoms with E-state index < -0.39 is 0 Å². The standard InChI is InChI=1S/C33H42N8O2/c1-23(2)41-24(3)18-27(36-41)22-40-29-9-6-8-26(33(29)25(4)35-40)19-31(42)30-21-34-32-20-28(10-13-39(30)32)43-17-16-38-12-7-11-37(5)14-15-38/h6,8-10,13,18,20-21,23H,7,11-12,14-17,19,22H2,1-5H3. The molecule has 0 atom stereocenters. The zero-order valence-corrected chi connectivity index (χ0v) is 26.0. The van der Waals surface area contributed by atoms with Crippen LogP contribution in [0.15, 0.2) is 48.8 Å². The van der Waals surface area contributed by atoms with E-state index in [4.69, 9.17) is 14.9 Å². The van der Waals surface area contributed by atoms with Gasteiger partial charge in [-0.3, -0.25) is 23.5 Å². The highest BCUT2D eigenvalue weighted by molar-refractivity contribution is 5.99. The Morgan fingerprint density at radius 1 is 1.05 bits per heavy atom. The van der Waals surface area contributed by atoms with Gasteiger partial charge in [-0.05, 0) is 78.0 Å². The maximum Gasteiger partial charge on any atom is 0.185 e. The van der Waals surface area contributed by atoms with E-state index in [0.717, 1.165) is 72.0 Å². The summed E-state index contributed by atoms with van der Waals surface area (Å²) in [5.41, 5.74) is 6.25. The number of carbonyl (C=O) groups is 1. The van der Waals surface area contributed by atoms with Crippen LogP contribution in [-0.2, 0) is 13.0 Å². The minimum Gasteiger partial charge on any atom is -0.492 e. The van der Waals surface area contributed by atoms with Gasteiger partial charge in [0.1, 0.15) is 23.7 Å². The Bertz CT molecular complexity index is 1750. The maximum absolute atomic E-state index is 13.6. The minimum atomic E-state index is 0.0123. The number of ether oxygens (including phenoxy) is 1. The second-order valence-electron chi connectivity index (χ2n) is 12.1. The number of carbonyl (C=O) groups excluding carboxylic acids is 1. The lowest BCUT2D eigenvalue weighted by Crippen LogP contribution is -2.32. The summed E-state index contributed by atoms with van der Waals surface area (Å²) in [4.78, 5) is 23.0. The normalized spacial score (nSPS) is 15.1. The highest BCUT2D eigenvalue weighted by Crippen LogP contribution is 2.26. The molecule has 10 nitrogen and oxygen atoms in total. The number of ketones is 1. The molecule has 1 aliphatic heterocycles. The van der Waals surface area contributed by atoms with Gasteiger partial charge in [0.2, 0.25) is 0 Å². The number of hydrogen-bond acceptors (Lipinski definition) is 7. The van der Waals surface area contributed by atoms with Crippen molar-refractivity contribution < 1.29 is 9.53 Å². The van der Waals surface area contributed by atoms with Crippen molar-refractivity contribution >= 4 is 22.3 Å². The van der Waals surface area contributed by atoms with Crippen LogP contribution >= 0.6 is 0 Å². The fraction of sp³-hybridized carbons (Fsp3) is 0.455. The minimum absolute atomic E-state index is 0.0123. The lowest BCUT2D eigenvalue weighted by molar-refractivity contribution is 0.0987. The van der Waals surface area contributed by atoms with Crippen molar-refractivity contribution in [3.05, 3.63) is 77.1 Å². The fourth-order valence-electron chi connectivity index (χ4n) is 6.22. The fourth-order valence-corrected chi connectivity index (χ4v) is 6.22. The average molecular weight is 583 g/mol. The van der Waals surface area contributed by atoms with Crippen LogP contribution in [0.1, 0.15) is 59.4 Å². The Morgan fingerprint density at radius 2 is 1.91 bits per heavy atom. The molecule has 1 aromatic carbocycles. The number of pyridine rings is 1. The summed E-state index contributed by atoms with van der Waals surface area (Å²) in [5.74, 6) is 0.781. The zero-order chi connectivity index (χ0) is 30.1. The molecular weight excluding hydrogens is 540 g/mol. The van der Waals surface area contributed by atoms with Gasteiger partial charge in [0.25, 0.3) is 0 Å². The number of Topliss-reactive ketones (excluding diaryl/α,β-unsaturated/α-hetero) is 1.